The van der Waals surface area contributed by atoms with Gasteiger partial charge in [0, 0.05) is 10.9 Å². The van der Waals surface area contributed by atoms with Crippen LogP contribution in [0, 0.1) is 0 Å². The molecule has 0 radical (unpaired) electrons. The number of hydrogen-bond donors (Lipinski definition) is 0. The number of benzene rings is 7. The summed E-state index contributed by atoms with van der Waals surface area (Å²) in [7, 11) is 0. The molecule has 0 fully saturated rings. The minimum Gasteiger partial charge on any atom is -0.456 e. The van der Waals surface area contributed by atoms with Crippen molar-refractivity contribution in [2.45, 2.75) is 5.41 Å². The fourth-order valence-electron chi connectivity index (χ4n) is 7.48. The molecule has 1 heteroatoms. The van der Waals surface area contributed by atoms with Gasteiger partial charge in [-0.15, -0.1) is 0 Å². The summed E-state index contributed by atoms with van der Waals surface area (Å²) in [5.74, 6) is 1.83. The highest BCUT2D eigenvalue weighted by atomic mass is 16.5. The SMILES string of the molecule is c1ccc(C2(c3ccccc3)c3ccccc3-c3c(-c4cc5c6c(cccc6c4)Oc4ccccc4-5)cccc32)cc1. The lowest BCUT2D eigenvalue weighted by Crippen LogP contribution is -2.28. The molecule has 42 heavy (non-hydrogen) atoms. The Bertz CT molecular complexity index is 2120. The zero-order valence-electron chi connectivity index (χ0n) is 22.9. The van der Waals surface area contributed by atoms with E-state index in [-0.39, 0.29) is 0 Å². The van der Waals surface area contributed by atoms with Crippen molar-refractivity contribution < 1.29 is 4.74 Å². The van der Waals surface area contributed by atoms with Crippen LogP contribution in [-0.4, -0.2) is 0 Å². The molecule has 0 amide bonds. The van der Waals surface area contributed by atoms with Gasteiger partial charge in [0.1, 0.15) is 11.5 Å². The maximum Gasteiger partial charge on any atom is 0.135 e. The van der Waals surface area contributed by atoms with Crippen molar-refractivity contribution >= 4 is 10.8 Å². The van der Waals surface area contributed by atoms with Gasteiger partial charge in [0.15, 0.2) is 0 Å². The van der Waals surface area contributed by atoms with Gasteiger partial charge >= 0.3 is 0 Å². The van der Waals surface area contributed by atoms with E-state index < -0.39 is 5.41 Å². The average Bonchev–Trinajstić information content (AvgIpc) is 3.37. The molecule has 1 aliphatic carbocycles. The summed E-state index contributed by atoms with van der Waals surface area (Å²) in [6.07, 6.45) is 0. The minimum atomic E-state index is -0.414. The van der Waals surface area contributed by atoms with E-state index in [1.807, 2.05) is 6.07 Å². The van der Waals surface area contributed by atoms with Crippen molar-refractivity contribution in [3.8, 4) is 44.9 Å². The molecule has 7 aromatic rings. The van der Waals surface area contributed by atoms with Crippen LogP contribution >= 0.6 is 0 Å². The minimum absolute atomic E-state index is 0.414. The molecule has 0 saturated heterocycles. The van der Waals surface area contributed by atoms with Gasteiger partial charge in [-0.05, 0) is 79.7 Å². The number of fused-ring (bicyclic) bond motifs is 5. The second kappa shape index (κ2) is 8.80. The van der Waals surface area contributed by atoms with E-state index in [0.717, 1.165) is 17.1 Å². The second-order valence-electron chi connectivity index (χ2n) is 11.2. The van der Waals surface area contributed by atoms with E-state index in [1.54, 1.807) is 0 Å². The molecular weight excluding hydrogens is 508 g/mol. The summed E-state index contributed by atoms with van der Waals surface area (Å²) in [6.45, 7) is 0. The van der Waals surface area contributed by atoms with Crippen LogP contribution < -0.4 is 4.74 Å². The molecule has 0 unspecified atom stereocenters. The van der Waals surface area contributed by atoms with Crippen LogP contribution in [0.5, 0.6) is 11.5 Å². The molecule has 0 spiro atoms. The molecule has 0 atom stereocenters. The van der Waals surface area contributed by atoms with E-state index >= 15 is 0 Å². The van der Waals surface area contributed by atoms with E-state index in [2.05, 4.69) is 152 Å². The monoisotopic (exact) mass is 534 g/mol. The fourth-order valence-corrected chi connectivity index (χ4v) is 7.48. The lowest BCUT2D eigenvalue weighted by atomic mass is 9.67. The summed E-state index contributed by atoms with van der Waals surface area (Å²) in [5, 5.41) is 2.37. The van der Waals surface area contributed by atoms with Gasteiger partial charge in [0.2, 0.25) is 0 Å². The molecule has 9 rings (SSSR count). The maximum atomic E-state index is 6.34. The molecule has 2 aliphatic rings. The van der Waals surface area contributed by atoms with Crippen LogP contribution in [0.1, 0.15) is 22.3 Å². The van der Waals surface area contributed by atoms with Crippen LogP contribution in [0.3, 0.4) is 0 Å². The normalized spacial score (nSPS) is 13.6. The maximum absolute atomic E-state index is 6.34. The molecule has 1 heterocycles. The Morgan fingerprint density at radius 2 is 1.00 bits per heavy atom. The van der Waals surface area contributed by atoms with E-state index in [1.165, 1.54) is 60.8 Å². The lowest BCUT2D eigenvalue weighted by molar-refractivity contribution is 0.487. The Balaban J connectivity index is 1.39. The molecular formula is C41H26O. The first kappa shape index (κ1) is 23.3. The zero-order chi connectivity index (χ0) is 27.7. The van der Waals surface area contributed by atoms with Crippen molar-refractivity contribution in [3.63, 3.8) is 0 Å². The molecule has 1 aliphatic heterocycles. The summed E-state index contributed by atoms with van der Waals surface area (Å²) in [6, 6.07) is 57.3. The van der Waals surface area contributed by atoms with E-state index in [4.69, 9.17) is 4.74 Å². The number of para-hydroxylation sites is 1. The third-order valence-electron chi connectivity index (χ3n) is 9.13. The first-order valence-corrected chi connectivity index (χ1v) is 14.5. The highest BCUT2D eigenvalue weighted by Crippen LogP contribution is 2.58. The highest BCUT2D eigenvalue weighted by Gasteiger charge is 2.46. The van der Waals surface area contributed by atoms with Gasteiger partial charge < -0.3 is 4.74 Å². The number of ether oxygens (including phenoxy) is 1. The molecule has 1 nitrogen and oxygen atoms in total. The largest absolute Gasteiger partial charge is 0.456 e. The zero-order valence-corrected chi connectivity index (χ0v) is 22.9. The van der Waals surface area contributed by atoms with Crippen molar-refractivity contribution in [2.24, 2.45) is 0 Å². The van der Waals surface area contributed by atoms with Crippen molar-refractivity contribution in [2.75, 3.05) is 0 Å². The average molecular weight is 535 g/mol. The van der Waals surface area contributed by atoms with E-state index in [0.29, 0.717) is 0 Å². The molecule has 7 aromatic carbocycles. The van der Waals surface area contributed by atoms with E-state index in [9.17, 15) is 0 Å². The van der Waals surface area contributed by atoms with Crippen LogP contribution in [0.25, 0.3) is 44.2 Å². The van der Waals surface area contributed by atoms with Crippen molar-refractivity contribution in [1.29, 1.82) is 0 Å². The Hall–Kier alpha value is -5.40. The van der Waals surface area contributed by atoms with Crippen molar-refractivity contribution in [3.05, 3.63) is 180 Å². The highest BCUT2D eigenvalue weighted by molar-refractivity contribution is 6.07. The van der Waals surface area contributed by atoms with Crippen LogP contribution in [-0.2, 0) is 5.41 Å². The predicted molar refractivity (Wildman–Crippen MR) is 172 cm³/mol. The third kappa shape index (κ3) is 3.08. The standard InChI is InChI=1S/C41H26O/c1-3-14-29(15-4-1)41(30-16-5-2-6-17-30)35-21-9-7-19-33(35)40-31(20-12-22-36(40)41)28-25-27-13-11-24-38-39(27)34(26-28)32-18-8-10-23-37(32)42-38/h1-26H. The first-order valence-electron chi connectivity index (χ1n) is 14.5. The Labute approximate surface area is 245 Å². The summed E-state index contributed by atoms with van der Waals surface area (Å²) in [4.78, 5) is 0. The van der Waals surface area contributed by atoms with Gasteiger partial charge in [-0.1, -0.05) is 133 Å². The molecule has 196 valence electrons. The van der Waals surface area contributed by atoms with Gasteiger partial charge in [-0.3, -0.25) is 0 Å². The van der Waals surface area contributed by atoms with Crippen LogP contribution in [0.4, 0.5) is 0 Å². The Kier molecular flexibility index (Phi) is 4.88. The lowest BCUT2D eigenvalue weighted by Gasteiger charge is -2.34. The van der Waals surface area contributed by atoms with Gasteiger partial charge in [0.25, 0.3) is 0 Å². The number of rotatable bonds is 3. The topological polar surface area (TPSA) is 9.23 Å². The van der Waals surface area contributed by atoms with Gasteiger partial charge in [-0.25, -0.2) is 0 Å². The van der Waals surface area contributed by atoms with Gasteiger partial charge in [0.05, 0.1) is 5.41 Å². The summed E-state index contributed by atoms with van der Waals surface area (Å²) < 4.78 is 6.34. The summed E-state index contributed by atoms with van der Waals surface area (Å²) in [5.41, 5.74) is 12.2. The second-order valence-corrected chi connectivity index (χ2v) is 11.2. The molecule has 0 aromatic heterocycles. The fraction of sp³-hybridized carbons (Fsp3) is 0.0244. The first-order chi connectivity index (χ1) is 20.8. The van der Waals surface area contributed by atoms with Crippen LogP contribution in [0.15, 0.2) is 158 Å². The van der Waals surface area contributed by atoms with Gasteiger partial charge in [-0.2, -0.15) is 0 Å². The van der Waals surface area contributed by atoms with Crippen LogP contribution in [0.2, 0.25) is 0 Å². The molecule has 0 bridgehead atoms. The number of hydrogen-bond acceptors (Lipinski definition) is 1. The Morgan fingerprint density at radius 3 is 1.79 bits per heavy atom. The third-order valence-corrected chi connectivity index (χ3v) is 9.13. The molecule has 0 N–H and O–H groups in total. The van der Waals surface area contributed by atoms with Crippen molar-refractivity contribution in [1.82, 2.24) is 0 Å². The Morgan fingerprint density at radius 1 is 0.405 bits per heavy atom. The molecule has 0 saturated carbocycles. The summed E-state index contributed by atoms with van der Waals surface area (Å²) >= 11 is 0. The smallest absolute Gasteiger partial charge is 0.135 e. The quantitative estimate of drug-likeness (QED) is 0.219. The predicted octanol–water partition coefficient (Wildman–Crippen LogP) is 10.6.